The Morgan fingerprint density at radius 2 is 1.70 bits per heavy atom. The number of sulfonamides is 1. The van der Waals surface area contributed by atoms with Crippen molar-refractivity contribution in [2.24, 2.45) is 5.92 Å². The molecule has 1 N–H and O–H groups in total. The number of ether oxygens (including phenoxy) is 3. The average molecular weight is 477 g/mol. The van der Waals surface area contributed by atoms with E-state index in [0.29, 0.717) is 36.3 Å². The van der Waals surface area contributed by atoms with Crippen LogP contribution in [0.1, 0.15) is 38.3 Å². The highest BCUT2D eigenvalue weighted by Crippen LogP contribution is 2.30. The Kier molecular flexibility index (Phi) is 8.20. The number of piperidine rings is 1. The lowest BCUT2D eigenvalue weighted by Crippen LogP contribution is -2.37. The monoisotopic (exact) mass is 476 g/mol. The zero-order chi connectivity index (χ0) is 24.0. The maximum atomic E-state index is 12.8. The topological polar surface area (TPSA) is 94.2 Å². The number of carbonyl (C=O) groups is 1. The lowest BCUT2D eigenvalue weighted by atomic mass is 10.0. The molecular formula is C24H32N2O6S. The van der Waals surface area contributed by atoms with E-state index in [1.165, 1.54) is 16.4 Å². The first-order valence-corrected chi connectivity index (χ1v) is 12.4. The number of benzene rings is 2. The molecule has 1 unspecified atom stereocenters. The molecule has 1 aliphatic rings. The van der Waals surface area contributed by atoms with Crippen molar-refractivity contribution >= 4 is 15.9 Å². The Morgan fingerprint density at radius 3 is 2.30 bits per heavy atom. The third-order valence-corrected chi connectivity index (χ3v) is 7.77. The molecule has 0 spiro atoms. The van der Waals surface area contributed by atoms with Crippen molar-refractivity contribution in [3.8, 4) is 17.2 Å². The van der Waals surface area contributed by atoms with Gasteiger partial charge in [0.05, 0.1) is 25.2 Å². The zero-order valence-electron chi connectivity index (χ0n) is 19.5. The second-order valence-corrected chi connectivity index (χ2v) is 10.2. The fraction of sp³-hybridized carbons (Fsp3) is 0.458. The smallest absolute Gasteiger partial charge is 0.258 e. The van der Waals surface area contributed by atoms with Gasteiger partial charge in [-0.05, 0) is 67.6 Å². The number of hydrogen-bond acceptors (Lipinski definition) is 6. The van der Waals surface area contributed by atoms with Crippen molar-refractivity contribution in [1.29, 1.82) is 0 Å². The third-order valence-electron chi connectivity index (χ3n) is 5.86. The lowest BCUT2D eigenvalue weighted by Gasteiger charge is -2.29. The van der Waals surface area contributed by atoms with Crippen molar-refractivity contribution in [2.45, 2.75) is 37.6 Å². The molecule has 2 aromatic carbocycles. The van der Waals surface area contributed by atoms with Crippen LogP contribution in [0, 0.1) is 5.92 Å². The highest BCUT2D eigenvalue weighted by atomic mass is 32.2. The minimum Gasteiger partial charge on any atom is -0.493 e. The van der Waals surface area contributed by atoms with Gasteiger partial charge in [-0.2, -0.15) is 4.31 Å². The summed E-state index contributed by atoms with van der Waals surface area (Å²) in [6.07, 6.45) is 1.74. The summed E-state index contributed by atoms with van der Waals surface area (Å²) in [5.41, 5.74) is 0.864. The summed E-state index contributed by atoms with van der Waals surface area (Å²) in [7, 11) is -0.388. The summed E-state index contributed by atoms with van der Waals surface area (Å²) in [4.78, 5) is 12.6. The van der Waals surface area contributed by atoms with E-state index >= 15 is 0 Å². The molecule has 0 aliphatic carbocycles. The first-order valence-electron chi connectivity index (χ1n) is 11.0. The number of carbonyl (C=O) groups excluding carboxylic acids is 1. The average Bonchev–Trinajstić information content (AvgIpc) is 2.82. The van der Waals surface area contributed by atoms with Crippen LogP contribution in [0.25, 0.3) is 0 Å². The number of rotatable bonds is 9. The summed E-state index contributed by atoms with van der Waals surface area (Å²) < 4.78 is 43.3. The van der Waals surface area contributed by atoms with Gasteiger partial charge >= 0.3 is 0 Å². The molecule has 1 aliphatic heterocycles. The fourth-order valence-corrected chi connectivity index (χ4v) is 5.19. The molecule has 1 atom stereocenters. The summed E-state index contributed by atoms with van der Waals surface area (Å²) in [6.45, 7) is 4.90. The van der Waals surface area contributed by atoms with Crippen molar-refractivity contribution in [3.63, 3.8) is 0 Å². The number of amides is 1. The third kappa shape index (κ3) is 6.17. The Labute approximate surface area is 195 Å². The van der Waals surface area contributed by atoms with Crippen molar-refractivity contribution in [3.05, 3.63) is 48.0 Å². The molecule has 0 radical (unpaired) electrons. The predicted molar refractivity (Wildman–Crippen MR) is 125 cm³/mol. The van der Waals surface area contributed by atoms with Crippen LogP contribution >= 0.6 is 0 Å². The maximum Gasteiger partial charge on any atom is 0.258 e. The molecule has 2 aromatic rings. The molecule has 9 heteroatoms. The summed E-state index contributed by atoms with van der Waals surface area (Å²) >= 11 is 0. The van der Waals surface area contributed by atoms with Crippen LogP contribution in [0.3, 0.4) is 0 Å². The molecule has 0 aromatic heterocycles. The van der Waals surface area contributed by atoms with E-state index in [2.05, 4.69) is 12.2 Å². The molecule has 180 valence electrons. The van der Waals surface area contributed by atoms with Crippen LogP contribution in [-0.4, -0.2) is 52.5 Å². The van der Waals surface area contributed by atoms with Gasteiger partial charge in [-0.15, -0.1) is 0 Å². The van der Waals surface area contributed by atoms with Crippen molar-refractivity contribution in [1.82, 2.24) is 9.62 Å². The Balaban J connectivity index is 1.54. The maximum absolute atomic E-state index is 12.8. The van der Waals surface area contributed by atoms with Gasteiger partial charge < -0.3 is 19.5 Å². The molecule has 1 fully saturated rings. The van der Waals surface area contributed by atoms with Crippen molar-refractivity contribution < 1.29 is 27.4 Å². The number of nitrogens with one attached hydrogen (secondary N) is 1. The zero-order valence-corrected chi connectivity index (χ0v) is 20.4. The Morgan fingerprint density at radius 1 is 1.06 bits per heavy atom. The minimum atomic E-state index is -3.51. The highest BCUT2D eigenvalue weighted by Gasteiger charge is 2.28. The van der Waals surface area contributed by atoms with E-state index < -0.39 is 10.0 Å². The van der Waals surface area contributed by atoms with Gasteiger partial charge in [0.1, 0.15) is 5.75 Å². The van der Waals surface area contributed by atoms with Crippen molar-refractivity contribution in [2.75, 3.05) is 33.9 Å². The normalized spacial score (nSPS) is 16.1. The van der Waals surface area contributed by atoms with Gasteiger partial charge in [-0.3, -0.25) is 4.79 Å². The largest absolute Gasteiger partial charge is 0.493 e. The van der Waals surface area contributed by atoms with Gasteiger partial charge in [-0.1, -0.05) is 13.0 Å². The van der Waals surface area contributed by atoms with Crippen LogP contribution in [0.5, 0.6) is 17.2 Å². The number of methoxy groups -OCH3 is 2. The second-order valence-electron chi connectivity index (χ2n) is 8.25. The molecule has 0 saturated carbocycles. The molecule has 1 saturated heterocycles. The first kappa shape index (κ1) is 24.9. The molecule has 8 nitrogen and oxygen atoms in total. The lowest BCUT2D eigenvalue weighted by molar-refractivity contribution is -0.123. The molecule has 3 rings (SSSR count). The van der Waals surface area contributed by atoms with E-state index in [9.17, 15) is 13.2 Å². The summed E-state index contributed by atoms with van der Waals surface area (Å²) in [5, 5.41) is 2.87. The fourth-order valence-electron chi connectivity index (χ4n) is 3.72. The molecule has 1 amide bonds. The quantitative estimate of drug-likeness (QED) is 0.596. The first-order chi connectivity index (χ1) is 15.7. The molecule has 0 bridgehead atoms. The predicted octanol–water partition coefficient (Wildman–Crippen LogP) is 3.38. The van der Waals surface area contributed by atoms with E-state index in [-0.39, 0.29) is 23.5 Å². The van der Waals surface area contributed by atoms with Crippen LogP contribution in [0.15, 0.2) is 47.4 Å². The minimum absolute atomic E-state index is 0.187. The van der Waals surface area contributed by atoms with E-state index in [1.54, 1.807) is 32.4 Å². The van der Waals surface area contributed by atoms with Gasteiger partial charge in [0.15, 0.2) is 18.1 Å². The van der Waals surface area contributed by atoms with E-state index in [1.807, 2.05) is 19.1 Å². The van der Waals surface area contributed by atoms with Gasteiger partial charge in [0.2, 0.25) is 10.0 Å². The number of hydrogen-bond donors (Lipinski definition) is 1. The Bertz CT molecular complexity index is 1050. The van der Waals surface area contributed by atoms with Gasteiger partial charge in [0.25, 0.3) is 5.91 Å². The molecule has 1 heterocycles. The van der Waals surface area contributed by atoms with Crippen LogP contribution < -0.4 is 19.5 Å². The summed E-state index contributed by atoms with van der Waals surface area (Å²) in [5.74, 6) is 1.88. The molecule has 33 heavy (non-hydrogen) atoms. The van der Waals surface area contributed by atoms with Gasteiger partial charge in [-0.25, -0.2) is 8.42 Å². The van der Waals surface area contributed by atoms with Crippen LogP contribution in [-0.2, 0) is 14.8 Å². The Hall–Kier alpha value is -2.78. The number of nitrogens with zero attached hydrogens (tertiary/aromatic N) is 1. The highest BCUT2D eigenvalue weighted by molar-refractivity contribution is 7.89. The molecular weight excluding hydrogens is 444 g/mol. The van der Waals surface area contributed by atoms with Gasteiger partial charge in [0, 0.05) is 13.1 Å². The van der Waals surface area contributed by atoms with Crippen LogP contribution in [0.2, 0.25) is 0 Å². The van der Waals surface area contributed by atoms with Crippen LogP contribution in [0.4, 0.5) is 0 Å². The summed E-state index contributed by atoms with van der Waals surface area (Å²) in [6, 6.07) is 11.4. The standard InChI is InChI=1S/C24H32N2O6S/c1-17-11-13-26(14-12-17)33(28,29)21-8-6-20(7-9-21)32-16-24(27)25-18(2)19-5-10-22(30-3)23(15-19)31-4/h5-10,15,17-18H,11-14,16H2,1-4H3,(H,25,27). The second kappa shape index (κ2) is 10.9. The van der Waals surface area contributed by atoms with E-state index in [0.717, 1.165) is 18.4 Å². The SMILES string of the molecule is COc1ccc(C(C)NC(=O)COc2ccc(S(=O)(=O)N3CCC(C)CC3)cc2)cc1OC. The van der Waals surface area contributed by atoms with E-state index in [4.69, 9.17) is 14.2 Å².